The highest BCUT2D eigenvalue weighted by Crippen LogP contribution is 1.79. The topological polar surface area (TPSA) is 87.7 Å². The lowest BCUT2D eigenvalue weighted by Gasteiger charge is -2.05. The Bertz CT molecular complexity index is 209. The first-order valence-corrected chi connectivity index (χ1v) is 5.40. The number of hydrogen-bond acceptors (Lipinski definition) is 6. The van der Waals surface area contributed by atoms with Gasteiger partial charge in [-0.15, -0.1) is 0 Å². The average Bonchev–Trinajstić information content (AvgIpc) is 2.27. The summed E-state index contributed by atoms with van der Waals surface area (Å²) in [6.07, 6.45) is 0.668. The van der Waals surface area contributed by atoms with Gasteiger partial charge < -0.3 is 15.3 Å². The number of hydroxylamine groups is 1. The maximum absolute atomic E-state index is 10.9. The van der Waals surface area contributed by atoms with Gasteiger partial charge in [-0.05, 0) is 0 Å². The lowest BCUT2D eigenvalue weighted by atomic mass is 10.3. The third kappa shape index (κ3) is 9.72. The van der Waals surface area contributed by atoms with Gasteiger partial charge in [-0.2, -0.15) is 5.48 Å². The van der Waals surface area contributed by atoms with Crippen molar-refractivity contribution in [3.63, 3.8) is 0 Å². The van der Waals surface area contributed by atoms with Crippen LogP contribution in [-0.2, 0) is 14.4 Å². The van der Waals surface area contributed by atoms with Crippen LogP contribution < -0.4 is 10.8 Å². The highest BCUT2D eigenvalue weighted by Gasteiger charge is 1.99. The molecule has 0 atom stereocenters. The van der Waals surface area contributed by atoms with Crippen LogP contribution in [0.3, 0.4) is 0 Å². The molecule has 0 aromatic rings. The summed E-state index contributed by atoms with van der Waals surface area (Å²) >= 11 is 0. The number of nitrogens with one attached hydrogen (secondary N) is 2. The van der Waals surface area contributed by atoms with Gasteiger partial charge in [-0.25, -0.2) is 0 Å². The SMILES string of the molecule is CCC(=O)CNOCCNCC(=O)CCO. The van der Waals surface area contributed by atoms with Crippen LogP contribution in [-0.4, -0.2) is 49.5 Å². The van der Waals surface area contributed by atoms with Crippen LogP contribution in [0.25, 0.3) is 0 Å². The normalized spacial score (nSPS) is 10.4. The molecule has 6 nitrogen and oxygen atoms in total. The Labute approximate surface area is 95.3 Å². The fourth-order valence-corrected chi connectivity index (χ4v) is 0.893. The quantitative estimate of drug-likeness (QED) is 0.314. The maximum atomic E-state index is 10.9. The van der Waals surface area contributed by atoms with Gasteiger partial charge in [0.25, 0.3) is 0 Å². The van der Waals surface area contributed by atoms with Gasteiger partial charge in [0, 0.05) is 19.4 Å². The first-order valence-electron chi connectivity index (χ1n) is 5.40. The number of aliphatic hydroxyl groups is 1. The molecule has 0 fully saturated rings. The van der Waals surface area contributed by atoms with Gasteiger partial charge in [0.2, 0.25) is 0 Å². The van der Waals surface area contributed by atoms with Crippen molar-refractivity contribution in [3.05, 3.63) is 0 Å². The molecule has 0 aromatic heterocycles. The molecule has 0 unspecified atom stereocenters. The molecule has 0 amide bonds. The van der Waals surface area contributed by atoms with Crippen LogP contribution in [0, 0.1) is 0 Å². The molecule has 0 bridgehead atoms. The molecule has 6 heteroatoms. The zero-order chi connectivity index (χ0) is 12.2. The molecule has 94 valence electrons. The number of rotatable bonds is 11. The van der Waals surface area contributed by atoms with E-state index >= 15 is 0 Å². The predicted molar refractivity (Wildman–Crippen MR) is 58.8 cm³/mol. The van der Waals surface area contributed by atoms with Gasteiger partial charge in [-0.1, -0.05) is 6.92 Å². The number of carbonyl (C=O) groups is 2. The van der Waals surface area contributed by atoms with E-state index in [-0.39, 0.29) is 37.7 Å². The number of aliphatic hydroxyl groups excluding tert-OH is 1. The van der Waals surface area contributed by atoms with Crippen molar-refractivity contribution in [1.29, 1.82) is 0 Å². The second kappa shape index (κ2) is 10.7. The molecule has 0 saturated carbocycles. The Balaban J connectivity index is 3.15. The fourth-order valence-electron chi connectivity index (χ4n) is 0.893. The van der Waals surface area contributed by atoms with E-state index < -0.39 is 0 Å². The summed E-state index contributed by atoms with van der Waals surface area (Å²) in [6.45, 7) is 3.02. The van der Waals surface area contributed by atoms with Gasteiger partial charge in [0.05, 0.1) is 26.3 Å². The molecule has 0 aromatic carbocycles. The molecule has 0 spiro atoms. The second-order valence-electron chi connectivity index (χ2n) is 3.25. The zero-order valence-electron chi connectivity index (χ0n) is 9.62. The number of carbonyl (C=O) groups excluding carboxylic acids is 2. The van der Waals surface area contributed by atoms with Crippen LogP contribution in [0.5, 0.6) is 0 Å². The van der Waals surface area contributed by atoms with Crippen molar-refractivity contribution in [2.24, 2.45) is 0 Å². The Morgan fingerprint density at radius 3 is 2.62 bits per heavy atom. The Morgan fingerprint density at radius 2 is 2.00 bits per heavy atom. The monoisotopic (exact) mass is 232 g/mol. The van der Waals surface area contributed by atoms with E-state index in [1.807, 2.05) is 0 Å². The standard InChI is InChI=1S/C10H20N2O4/c1-2-9(14)8-12-16-6-4-11-7-10(15)3-5-13/h11-13H,2-8H2,1H3. The third-order valence-corrected chi connectivity index (χ3v) is 1.86. The van der Waals surface area contributed by atoms with E-state index in [0.717, 1.165) is 0 Å². The van der Waals surface area contributed by atoms with Crippen molar-refractivity contribution >= 4 is 11.6 Å². The van der Waals surface area contributed by atoms with E-state index in [2.05, 4.69) is 10.8 Å². The number of ketones is 2. The Hall–Kier alpha value is -0.820. The summed E-state index contributed by atoms with van der Waals surface area (Å²) in [4.78, 5) is 26.7. The Morgan fingerprint density at radius 1 is 1.25 bits per heavy atom. The van der Waals surface area contributed by atoms with Crippen LogP contribution in [0.1, 0.15) is 19.8 Å². The van der Waals surface area contributed by atoms with E-state index in [9.17, 15) is 9.59 Å². The maximum Gasteiger partial charge on any atom is 0.148 e. The third-order valence-electron chi connectivity index (χ3n) is 1.86. The predicted octanol–water partition coefficient (Wildman–Crippen LogP) is -0.972. The summed E-state index contributed by atoms with van der Waals surface area (Å²) in [7, 11) is 0. The largest absolute Gasteiger partial charge is 0.396 e. The molecular weight excluding hydrogens is 212 g/mol. The minimum Gasteiger partial charge on any atom is -0.396 e. The van der Waals surface area contributed by atoms with Gasteiger partial charge in [0.1, 0.15) is 11.6 Å². The molecule has 0 aliphatic rings. The molecule has 0 aliphatic carbocycles. The highest BCUT2D eigenvalue weighted by molar-refractivity contribution is 5.80. The van der Waals surface area contributed by atoms with Crippen molar-refractivity contribution < 1.29 is 19.5 Å². The molecule has 0 radical (unpaired) electrons. The first-order chi connectivity index (χ1) is 7.70. The van der Waals surface area contributed by atoms with Gasteiger partial charge in [0.15, 0.2) is 0 Å². The smallest absolute Gasteiger partial charge is 0.148 e. The second-order valence-corrected chi connectivity index (χ2v) is 3.25. The summed E-state index contributed by atoms with van der Waals surface area (Å²) in [5.74, 6) is 0.0581. The van der Waals surface area contributed by atoms with E-state index in [1.54, 1.807) is 6.92 Å². The molecule has 16 heavy (non-hydrogen) atoms. The van der Waals surface area contributed by atoms with E-state index in [1.165, 1.54) is 0 Å². The molecule has 0 saturated heterocycles. The van der Waals surface area contributed by atoms with Crippen molar-refractivity contribution in [1.82, 2.24) is 10.8 Å². The summed E-state index contributed by atoms with van der Waals surface area (Å²) in [5, 5.41) is 11.3. The minimum atomic E-state index is -0.113. The first kappa shape index (κ1) is 15.2. The molecule has 0 heterocycles. The van der Waals surface area contributed by atoms with Crippen molar-refractivity contribution in [3.8, 4) is 0 Å². The lowest BCUT2D eigenvalue weighted by molar-refractivity contribution is -0.120. The molecule has 0 rings (SSSR count). The lowest BCUT2D eigenvalue weighted by Crippen LogP contribution is -2.30. The Kier molecular flexibility index (Phi) is 10.1. The fraction of sp³-hybridized carbons (Fsp3) is 0.800. The average molecular weight is 232 g/mol. The van der Waals surface area contributed by atoms with Crippen molar-refractivity contribution in [2.45, 2.75) is 19.8 Å². The van der Waals surface area contributed by atoms with Crippen molar-refractivity contribution in [2.75, 3.05) is 32.8 Å². The summed E-state index contributed by atoms with van der Waals surface area (Å²) in [6, 6.07) is 0. The summed E-state index contributed by atoms with van der Waals surface area (Å²) in [5.41, 5.74) is 2.53. The van der Waals surface area contributed by atoms with Gasteiger partial charge in [-0.3, -0.25) is 9.59 Å². The van der Waals surface area contributed by atoms with Crippen LogP contribution in [0.15, 0.2) is 0 Å². The van der Waals surface area contributed by atoms with E-state index in [0.29, 0.717) is 19.6 Å². The van der Waals surface area contributed by atoms with Crippen LogP contribution >= 0.6 is 0 Å². The molecule has 3 N–H and O–H groups in total. The van der Waals surface area contributed by atoms with Crippen LogP contribution in [0.4, 0.5) is 0 Å². The number of hydrogen-bond donors (Lipinski definition) is 3. The molecule has 0 aliphatic heterocycles. The zero-order valence-corrected chi connectivity index (χ0v) is 9.62. The van der Waals surface area contributed by atoms with Crippen LogP contribution in [0.2, 0.25) is 0 Å². The molecular formula is C10H20N2O4. The van der Waals surface area contributed by atoms with Gasteiger partial charge >= 0.3 is 0 Å². The highest BCUT2D eigenvalue weighted by atomic mass is 16.6. The van der Waals surface area contributed by atoms with E-state index in [4.69, 9.17) is 9.94 Å². The summed E-state index contributed by atoms with van der Waals surface area (Å²) < 4.78 is 0. The minimum absolute atomic E-state index is 0.0309. The number of Topliss-reactive ketones (excluding diaryl/α,β-unsaturated/α-hetero) is 2.